The molecule has 0 aliphatic carbocycles. The number of aromatic nitrogens is 2. The van der Waals surface area contributed by atoms with Gasteiger partial charge in [-0.25, -0.2) is 0 Å². The van der Waals surface area contributed by atoms with Crippen molar-refractivity contribution in [1.82, 2.24) is 10.2 Å². The van der Waals surface area contributed by atoms with Gasteiger partial charge in [0.15, 0.2) is 0 Å². The van der Waals surface area contributed by atoms with Crippen molar-refractivity contribution in [1.29, 1.82) is 0 Å². The van der Waals surface area contributed by atoms with E-state index in [0.717, 1.165) is 11.8 Å². The van der Waals surface area contributed by atoms with E-state index in [2.05, 4.69) is 16.8 Å². The van der Waals surface area contributed by atoms with Crippen molar-refractivity contribution in [2.45, 2.75) is 18.6 Å². The summed E-state index contributed by atoms with van der Waals surface area (Å²) in [6.45, 7) is 5.85. The normalized spacial score (nSPS) is 11.3. The molecule has 0 unspecified atom stereocenters. The molecule has 2 aromatic rings. The van der Waals surface area contributed by atoms with Gasteiger partial charge in [0.25, 0.3) is 5.22 Å². The van der Waals surface area contributed by atoms with Gasteiger partial charge >= 0.3 is 0 Å². The molecule has 0 aliphatic heterocycles. The van der Waals surface area contributed by atoms with Crippen LogP contribution in [0.25, 0.3) is 6.08 Å². The SMILES string of the molecule is C=CCOc1ccc(/C=C(\Sc2nnc(CC)o2)C(=O)[O-])cc1. The van der Waals surface area contributed by atoms with Crippen LogP contribution < -0.4 is 9.84 Å². The van der Waals surface area contributed by atoms with Crippen molar-refractivity contribution in [3.05, 3.63) is 53.3 Å². The molecule has 6 nitrogen and oxygen atoms in total. The summed E-state index contributed by atoms with van der Waals surface area (Å²) in [6, 6.07) is 6.98. The highest BCUT2D eigenvalue weighted by Gasteiger charge is 2.10. The van der Waals surface area contributed by atoms with Crippen molar-refractivity contribution < 1.29 is 19.1 Å². The van der Waals surface area contributed by atoms with Crippen LogP contribution >= 0.6 is 11.8 Å². The second-order valence-electron chi connectivity index (χ2n) is 4.38. The number of nitrogens with zero attached hydrogens (tertiary/aromatic N) is 2. The summed E-state index contributed by atoms with van der Waals surface area (Å²) in [4.78, 5) is 11.2. The van der Waals surface area contributed by atoms with E-state index < -0.39 is 5.97 Å². The quantitative estimate of drug-likeness (QED) is 0.415. The summed E-state index contributed by atoms with van der Waals surface area (Å²) in [6.07, 6.45) is 3.71. The van der Waals surface area contributed by atoms with Crippen LogP contribution in [-0.4, -0.2) is 22.8 Å². The molecule has 1 aromatic heterocycles. The van der Waals surface area contributed by atoms with Gasteiger partial charge in [-0.3, -0.25) is 0 Å². The predicted molar refractivity (Wildman–Crippen MR) is 84.7 cm³/mol. The van der Waals surface area contributed by atoms with E-state index in [1.165, 1.54) is 6.08 Å². The van der Waals surface area contributed by atoms with Crippen molar-refractivity contribution >= 4 is 23.8 Å². The number of carbonyl (C=O) groups excluding carboxylic acids is 1. The molecular weight excluding hydrogens is 316 g/mol. The molecule has 7 heteroatoms. The molecule has 0 bridgehead atoms. The minimum atomic E-state index is -1.31. The lowest BCUT2D eigenvalue weighted by Gasteiger charge is -2.06. The summed E-state index contributed by atoms with van der Waals surface area (Å²) in [7, 11) is 0. The fourth-order valence-corrected chi connectivity index (χ4v) is 2.30. The number of carboxylic acids is 1. The van der Waals surface area contributed by atoms with Crippen molar-refractivity contribution in [3.8, 4) is 5.75 Å². The Labute approximate surface area is 137 Å². The van der Waals surface area contributed by atoms with Crippen LogP contribution in [0.5, 0.6) is 5.75 Å². The third kappa shape index (κ3) is 5.00. The monoisotopic (exact) mass is 331 g/mol. The molecule has 0 saturated heterocycles. The Morgan fingerprint density at radius 2 is 2.13 bits per heavy atom. The lowest BCUT2D eigenvalue weighted by Crippen LogP contribution is -2.23. The number of aliphatic carboxylic acids is 1. The number of thioether (sulfide) groups is 1. The van der Waals surface area contributed by atoms with E-state index in [1.807, 2.05) is 6.92 Å². The van der Waals surface area contributed by atoms with Crippen LogP contribution in [0, 0.1) is 0 Å². The van der Waals surface area contributed by atoms with Gasteiger partial charge in [-0.1, -0.05) is 31.7 Å². The Balaban J connectivity index is 2.14. The molecule has 120 valence electrons. The number of ether oxygens (including phenoxy) is 1. The van der Waals surface area contributed by atoms with Gasteiger partial charge in [0, 0.05) is 11.3 Å². The smallest absolute Gasteiger partial charge is 0.281 e. The van der Waals surface area contributed by atoms with Gasteiger partial charge in [0.1, 0.15) is 12.4 Å². The van der Waals surface area contributed by atoms with Crippen LogP contribution in [0.4, 0.5) is 0 Å². The van der Waals surface area contributed by atoms with E-state index in [9.17, 15) is 9.90 Å². The number of rotatable bonds is 8. The number of hydrogen-bond donors (Lipinski definition) is 0. The molecule has 23 heavy (non-hydrogen) atoms. The third-order valence-corrected chi connectivity index (χ3v) is 3.54. The molecular formula is C16H15N2O4S-. The Hall–Kier alpha value is -2.54. The Kier molecular flexibility index (Phi) is 5.99. The van der Waals surface area contributed by atoms with Crippen LogP contribution in [0.2, 0.25) is 0 Å². The maximum absolute atomic E-state index is 11.3. The average Bonchev–Trinajstić information content (AvgIpc) is 3.01. The molecule has 0 aliphatic rings. The largest absolute Gasteiger partial charge is 0.544 e. The van der Waals surface area contributed by atoms with Crippen molar-refractivity contribution in [2.75, 3.05) is 6.61 Å². The zero-order chi connectivity index (χ0) is 16.7. The number of benzene rings is 1. The highest BCUT2D eigenvalue weighted by molar-refractivity contribution is 8.03. The Bertz CT molecular complexity index is 707. The van der Waals surface area contributed by atoms with E-state index in [-0.39, 0.29) is 10.1 Å². The highest BCUT2D eigenvalue weighted by atomic mass is 32.2. The van der Waals surface area contributed by atoms with Crippen LogP contribution in [0.15, 0.2) is 51.5 Å². The van der Waals surface area contributed by atoms with Crippen molar-refractivity contribution in [3.63, 3.8) is 0 Å². The van der Waals surface area contributed by atoms with Crippen LogP contribution in [0.3, 0.4) is 0 Å². The first-order valence-corrected chi connectivity index (χ1v) is 7.71. The van der Waals surface area contributed by atoms with E-state index in [4.69, 9.17) is 9.15 Å². The molecule has 2 rings (SSSR count). The standard InChI is InChI=1S/C16H16N2O4S/c1-3-9-21-12-7-5-11(6-8-12)10-13(15(19)20)23-16-18-17-14(4-2)22-16/h3,5-8,10H,1,4,9H2,2H3,(H,19,20)/p-1/b13-10-. The number of carboxylic acid groups (broad SMARTS) is 1. The summed E-state index contributed by atoms with van der Waals surface area (Å²) in [5, 5.41) is 19.0. The number of aryl methyl sites for hydroxylation is 1. The maximum Gasteiger partial charge on any atom is 0.281 e. The summed E-state index contributed by atoms with van der Waals surface area (Å²) >= 11 is 0.860. The first-order valence-electron chi connectivity index (χ1n) is 6.89. The molecule has 0 radical (unpaired) electrons. The first-order chi connectivity index (χ1) is 11.1. The summed E-state index contributed by atoms with van der Waals surface area (Å²) in [5.74, 6) is -0.179. The zero-order valence-electron chi connectivity index (χ0n) is 12.5. The molecule has 1 aromatic carbocycles. The van der Waals surface area contributed by atoms with Gasteiger partial charge in [-0.15, -0.1) is 10.2 Å². The van der Waals surface area contributed by atoms with Crippen LogP contribution in [-0.2, 0) is 11.2 Å². The van der Waals surface area contributed by atoms with Gasteiger partial charge in [0.2, 0.25) is 5.89 Å². The Morgan fingerprint density at radius 1 is 1.39 bits per heavy atom. The average molecular weight is 331 g/mol. The fourth-order valence-electron chi connectivity index (χ4n) is 1.61. The lowest BCUT2D eigenvalue weighted by atomic mass is 10.2. The molecule has 1 heterocycles. The molecule has 0 N–H and O–H groups in total. The highest BCUT2D eigenvalue weighted by Crippen LogP contribution is 2.27. The molecule has 0 spiro atoms. The Morgan fingerprint density at radius 3 is 2.70 bits per heavy atom. The minimum absolute atomic E-state index is 0.0175. The molecule has 0 amide bonds. The molecule has 0 fully saturated rings. The van der Waals surface area contributed by atoms with Gasteiger partial charge in [-0.2, -0.15) is 0 Å². The molecule has 0 atom stereocenters. The van der Waals surface area contributed by atoms with Gasteiger partial charge in [0.05, 0.1) is 5.97 Å². The second kappa shape index (κ2) is 8.19. The number of carbonyl (C=O) groups is 1. The minimum Gasteiger partial charge on any atom is -0.544 e. The maximum atomic E-state index is 11.3. The lowest BCUT2D eigenvalue weighted by molar-refractivity contribution is -0.298. The summed E-state index contributed by atoms with van der Waals surface area (Å²) < 4.78 is 10.7. The fraction of sp³-hybridized carbons (Fsp3) is 0.188. The van der Waals surface area contributed by atoms with Crippen molar-refractivity contribution in [2.24, 2.45) is 0 Å². The van der Waals surface area contributed by atoms with Gasteiger partial charge in [-0.05, 0) is 35.5 Å². The molecule has 0 saturated carbocycles. The van der Waals surface area contributed by atoms with Gasteiger partial charge < -0.3 is 19.1 Å². The van der Waals surface area contributed by atoms with E-state index in [1.54, 1.807) is 30.3 Å². The van der Waals surface area contributed by atoms with E-state index >= 15 is 0 Å². The zero-order valence-corrected chi connectivity index (χ0v) is 13.3. The summed E-state index contributed by atoms with van der Waals surface area (Å²) in [5.41, 5.74) is 0.692. The number of hydrogen-bond acceptors (Lipinski definition) is 7. The third-order valence-electron chi connectivity index (χ3n) is 2.69. The van der Waals surface area contributed by atoms with Crippen LogP contribution in [0.1, 0.15) is 18.4 Å². The van der Waals surface area contributed by atoms with E-state index in [0.29, 0.717) is 30.2 Å². The first kappa shape index (κ1) is 16.8. The predicted octanol–water partition coefficient (Wildman–Crippen LogP) is 2.08. The topological polar surface area (TPSA) is 88.3 Å². The second-order valence-corrected chi connectivity index (χ2v) is 5.38.